The number of nitrogens with one attached hydrogen (secondary N) is 2. The summed E-state index contributed by atoms with van der Waals surface area (Å²) in [7, 11) is 1.59. The van der Waals surface area contributed by atoms with Crippen LogP contribution in [0.4, 0.5) is 0 Å². The number of rotatable bonds is 2. The lowest BCUT2D eigenvalue weighted by Gasteiger charge is -2.11. The molecule has 0 unspecified atom stereocenters. The van der Waals surface area contributed by atoms with Gasteiger partial charge in [0.25, 0.3) is 5.91 Å². The molecule has 0 aliphatic carbocycles. The second-order valence-electron chi connectivity index (χ2n) is 5.25. The Kier molecular flexibility index (Phi) is 3.44. The van der Waals surface area contributed by atoms with E-state index in [1.807, 2.05) is 12.1 Å². The number of carbonyl (C=O) groups is 1. The van der Waals surface area contributed by atoms with Crippen LogP contribution in [-0.2, 0) is 6.42 Å². The van der Waals surface area contributed by atoms with Crippen molar-refractivity contribution in [1.82, 2.24) is 20.3 Å². The van der Waals surface area contributed by atoms with E-state index in [0.717, 1.165) is 43.5 Å². The predicted octanol–water partition coefficient (Wildman–Crippen LogP) is 2.52. The molecule has 0 radical (unpaired) electrons. The molecule has 0 saturated heterocycles. The van der Waals surface area contributed by atoms with Crippen LogP contribution in [0.25, 0.3) is 22.3 Å². The van der Waals surface area contributed by atoms with Crippen LogP contribution in [0.5, 0.6) is 5.88 Å². The molecular formula is C16H13IN4O2. The molecule has 4 heterocycles. The van der Waals surface area contributed by atoms with Gasteiger partial charge in [-0.1, -0.05) is 0 Å². The zero-order chi connectivity index (χ0) is 16.0. The minimum Gasteiger partial charge on any atom is -0.481 e. The molecular weight excluding hydrogens is 407 g/mol. The van der Waals surface area contributed by atoms with Crippen molar-refractivity contribution in [2.24, 2.45) is 0 Å². The van der Waals surface area contributed by atoms with Crippen molar-refractivity contribution in [3.8, 4) is 17.1 Å². The third kappa shape index (κ3) is 2.26. The normalized spacial score (nSPS) is 13.7. The fourth-order valence-electron chi connectivity index (χ4n) is 2.85. The maximum atomic E-state index is 12.1. The first-order chi connectivity index (χ1) is 11.2. The summed E-state index contributed by atoms with van der Waals surface area (Å²) in [6.45, 7) is 0.658. The van der Waals surface area contributed by atoms with E-state index < -0.39 is 0 Å². The lowest BCUT2D eigenvalue weighted by Crippen LogP contribution is -2.31. The SMILES string of the molecule is COc1ccc2nccc(-c3[nH]c4c(c3I)C(=O)NCC4)c2n1. The summed E-state index contributed by atoms with van der Waals surface area (Å²) in [6.07, 6.45) is 2.55. The molecule has 116 valence electrons. The first kappa shape index (κ1) is 14.4. The summed E-state index contributed by atoms with van der Waals surface area (Å²) < 4.78 is 6.14. The molecule has 1 amide bonds. The fourth-order valence-corrected chi connectivity index (χ4v) is 3.84. The summed E-state index contributed by atoms with van der Waals surface area (Å²) in [6, 6.07) is 5.58. The number of amides is 1. The second kappa shape index (κ2) is 5.48. The summed E-state index contributed by atoms with van der Waals surface area (Å²) in [4.78, 5) is 24.4. The van der Waals surface area contributed by atoms with Crippen LogP contribution in [0.15, 0.2) is 24.4 Å². The van der Waals surface area contributed by atoms with Gasteiger partial charge in [0.2, 0.25) is 5.88 Å². The molecule has 6 nitrogen and oxygen atoms in total. The van der Waals surface area contributed by atoms with Gasteiger partial charge < -0.3 is 15.0 Å². The Balaban J connectivity index is 1.98. The van der Waals surface area contributed by atoms with Gasteiger partial charge in [-0.25, -0.2) is 4.98 Å². The van der Waals surface area contributed by atoms with E-state index in [9.17, 15) is 4.79 Å². The van der Waals surface area contributed by atoms with Gasteiger partial charge >= 0.3 is 0 Å². The van der Waals surface area contributed by atoms with E-state index in [0.29, 0.717) is 12.4 Å². The Labute approximate surface area is 145 Å². The first-order valence-electron chi connectivity index (χ1n) is 7.17. The Hall–Kier alpha value is -2.16. The average molecular weight is 420 g/mol. The van der Waals surface area contributed by atoms with Crippen molar-refractivity contribution < 1.29 is 9.53 Å². The molecule has 1 aliphatic rings. The van der Waals surface area contributed by atoms with E-state index >= 15 is 0 Å². The van der Waals surface area contributed by atoms with Crippen molar-refractivity contribution in [2.45, 2.75) is 6.42 Å². The van der Waals surface area contributed by atoms with Crippen molar-refractivity contribution in [3.63, 3.8) is 0 Å². The number of hydrogen-bond donors (Lipinski definition) is 2. The molecule has 0 spiro atoms. The molecule has 0 bridgehead atoms. The monoisotopic (exact) mass is 420 g/mol. The zero-order valence-electron chi connectivity index (χ0n) is 12.3. The Bertz CT molecular complexity index is 935. The van der Waals surface area contributed by atoms with Gasteiger partial charge in [0, 0.05) is 36.5 Å². The molecule has 0 saturated carbocycles. The van der Waals surface area contributed by atoms with Crippen LogP contribution in [-0.4, -0.2) is 34.5 Å². The van der Waals surface area contributed by atoms with Gasteiger partial charge in [-0.3, -0.25) is 9.78 Å². The lowest BCUT2D eigenvalue weighted by molar-refractivity contribution is 0.0945. The van der Waals surface area contributed by atoms with Crippen molar-refractivity contribution in [1.29, 1.82) is 0 Å². The topological polar surface area (TPSA) is 79.9 Å². The Morgan fingerprint density at radius 1 is 1.30 bits per heavy atom. The minimum atomic E-state index is -0.0259. The largest absolute Gasteiger partial charge is 0.481 e. The number of ether oxygens (including phenoxy) is 1. The standard InChI is InChI=1S/C16H13IN4O2/c1-23-11-3-2-10-14(21-11)8(4-6-18-10)15-13(17)12-9(20-15)5-7-19-16(12)22/h2-4,6,20H,5,7H2,1H3,(H,19,22). The third-order valence-corrected chi connectivity index (χ3v) is 5.02. The van der Waals surface area contributed by atoms with Gasteiger partial charge in [-0.05, 0) is 34.7 Å². The molecule has 0 atom stereocenters. The minimum absolute atomic E-state index is 0.0259. The first-order valence-corrected chi connectivity index (χ1v) is 8.25. The number of halogens is 1. The van der Waals surface area contributed by atoms with Gasteiger partial charge in [0.1, 0.15) is 5.52 Å². The highest BCUT2D eigenvalue weighted by atomic mass is 127. The van der Waals surface area contributed by atoms with Crippen LogP contribution in [0, 0.1) is 3.57 Å². The number of pyridine rings is 2. The van der Waals surface area contributed by atoms with Gasteiger partial charge in [-0.15, -0.1) is 0 Å². The number of fused-ring (bicyclic) bond motifs is 2. The number of methoxy groups -OCH3 is 1. The second-order valence-corrected chi connectivity index (χ2v) is 6.33. The number of aromatic nitrogens is 3. The van der Waals surface area contributed by atoms with Crippen molar-refractivity contribution in [3.05, 3.63) is 39.2 Å². The van der Waals surface area contributed by atoms with E-state index in [1.54, 1.807) is 19.4 Å². The summed E-state index contributed by atoms with van der Waals surface area (Å²) in [5, 5.41) is 2.89. The van der Waals surface area contributed by atoms with Crippen molar-refractivity contribution >= 4 is 39.5 Å². The van der Waals surface area contributed by atoms with Crippen LogP contribution in [0.1, 0.15) is 16.1 Å². The van der Waals surface area contributed by atoms with Crippen LogP contribution in [0.3, 0.4) is 0 Å². The number of nitrogens with zero attached hydrogens (tertiary/aromatic N) is 2. The maximum Gasteiger partial charge on any atom is 0.254 e. The quantitative estimate of drug-likeness (QED) is 0.625. The molecule has 0 aromatic carbocycles. The van der Waals surface area contributed by atoms with E-state index in [4.69, 9.17) is 4.74 Å². The molecule has 1 aliphatic heterocycles. The third-order valence-electron chi connectivity index (χ3n) is 3.94. The van der Waals surface area contributed by atoms with E-state index in [-0.39, 0.29) is 5.91 Å². The van der Waals surface area contributed by atoms with Crippen molar-refractivity contribution in [2.75, 3.05) is 13.7 Å². The van der Waals surface area contributed by atoms with Gasteiger partial charge in [-0.2, -0.15) is 0 Å². The molecule has 0 fully saturated rings. The lowest BCUT2D eigenvalue weighted by atomic mass is 10.1. The van der Waals surface area contributed by atoms with Crippen LogP contribution in [0.2, 0.25) is 0 Å². The smallest absolute Gasteiger partial charge is 0.254 e. The van der Waals surface area contributed by atoms with Crippen LogP contribution >= 0.6 is 22.6 Å². The molecule has 2 N–H and O–H groups in total. The molecule has 4 rings (SSSR count). The van der Waals surface area contributed by atoms with Gasteiger partial charge in [0.15, 0.2) is 0 Å². The Morgan fingerprint density at radius 3 is 2.96 bits per heavy atom. The molecule has 3 aromatic heterocycles. The fraction of sp³-hybridized carbons (Fsp3) is 0.188. The number of aromatic amines is 1. The highest BCUT2D eigenvalue weighted by Crippen LogP contribution is 2.34. The number of carbonyl (C=O) groups excluding carboxylic acids is 1. The number of hydrogen-bond acceptors (Lipinski definition) is 4. The average Bonchev–Trinajstić information content (AvgIpc) is 2.92. The molecule has 3 aromatic rings. The maximum absolute atomic E-state index is 12.1. The zero-order valence-corrected chi connectivity index (χ0v) is 14.5. The molecule has 7 heteroatoms. The highest BCUT2D eigenvalue weighted by molar-refractivity contribution is 14.1. The van der Waals surface area contributed by atoms with Crippen LogP contribution < -0.4 is 10.1 Å². The highest BCUT2D eigenvalue weighted by Gasteiger charge is 2.26. The van der Waals surface area contributed by atoms with E-state index in [2.05, 4.69) is 42.9 Å². The summed E-state index contributed by atoms with van der Waals surface area (Å²) in [5.74, 6) is 0.512. The summed E-state index contributed by atoms with van der Waals surface area (Å²) >= 11 is 2.22. The van der Waals surface area contributed by atoms with E-state index in [1.165, 1.54) is 0 Å². The summed E-state index contributed by atoms with van der Waals surface area (Å²) in [5.41, 5.74) is 5.07. The van der Waals surface area contributed by atoms with Gasteiger partial charge in [0.05, 0.1) is 27.5 Å². The molecule has 23 heavy (non-hydrogen) atoms. The predicted molar refractivity (Wildman–Crippen MR) is 94.6 cm³/mol. The Morgan fingerprint density at radius 2 is 2.17 bits per heavy atom. The number of H-pyrrole nitrogens is 1.